The van der Waals surface area contributed by atoms with Crippen LogP contribution in [0.25, 0.3) is 0 Å². The lowest BCUT2D eigenvalue weighted by Gasteiger charge is -2.21. The van der Waals surface area contributed by atoms with Crippen molar-refractivity contribution in [2.24, 2.45) is 11.8 Å². The van der Waals surface area contributed by atoms with E-state index in [1.54, 1.807) is 0 Å². The lowest BCUT2D eigenvalue weighted by Crippen LogP contribution is -2.29. The van der Waals surface area contributed by atoms with Crippen molar-refractivity contribution in [3.8, 4) is 0 Å². The van der Waals surface area contributed by atoms with Crippen molar-refractivity contribution in [2.75, 3.05) is 31.1 Å². The second kappa shape index (κ2) is 11.9. The molecule has 2 atom stereocenters. The maximum Gasteiger partial charge on any atom is 0.490 e. The number of aromatic nitrogens is 3. The maximum atomic E-state index is 12.9. The number of fused-ring (bicyclic) bond motifs is 1. The highest BCUT2D eigenvalue weighted by Crippen LogP contribution is 2.33. The van der Waals surface area contributed by atoms with Crippen LogP contribution in [0.2, 0.25) is 0 Å². The molecule has 0 saturated carbocycles. The molecule has 0 aromatic carbocycles. The van der Waals surface area contributed by atoms with Gasteiger partial charge < -0.3 is 15.1 Å². The zero-order valence-corrected chi connectivity index (χ0v) is 18.2. The number of alkyl halides is 6. The third kappa shape index (κ3) is 8.90. The Morgan fingerprint density at radius 1 is 0.889 bits per heavy atom. The number of hydrogen-bond donors (Lipinski definition) is 2. The van der Waals surface area contributed by atoms with Gasteiger partial charge in [0.25, 0.3) is 0 Å². The van der Waals surface area contributed by atoms with Crippen LogP contribution in [-0.2, 0) is 16.1 Å². The van der Waals surface area contributed by atoms with E-state index in [4.69, 9.17) is 19.8 Å². The van der Waals surface area contributed by atoms with E-state index in [0.29, 0.717) is 17.8 Å². The third-order valence-electron chi connectivity index (χ3n) is 5.07. The van der Waals surface area contributed by atoms with Crippen molar-refractivity contribution in [3.63, 3.8) is 0 Å². The van der Waals surface area contributed by atoms with E-state index < -0.39 is 24.3 Å². The predicted octanol–water partition coefficient (Wildman–Crippen LogP) is 2.85. The first-order chi connectivity index (χ1) is 16.7. The number of halogens is 7. The SMILES string of the molecule is Fc1cnc(N2C[C@H]3CN(Cc4cccnc4)C[C@H]3C2)nc1.O=C(O)C(F)(F)F.O=C(O)C(F)(F)F. The average molecular weight is 527 g/mol. The monoisotopic (exact) mass is 527 g/mol. The van der Waals surface area contributed by atoms with E-state index in [2.05, 4.69) is 30.8 Å². The minimum absolute atomic E-state index is 0.384. The molecule has 0 radical (unpaired) electrons. The largest absolute Gasteiger partial charge is 0.490 e. The number of hydrogen-bond acceptors (Lipinski definition) is 7. The Kier molecular flexibility index (Phi) is 9.49. The van der Waals surface area contributed by atoms with Crippen LogP contribution in [0.3, 0.4) is 0 Å². The molecule has 2 N–H and O–H groups in total. The molecule has 4 rings (SSSR count). The quantitative estimate of drug-likeness (QED) is 0.581. The van der Waals surface area contributed by atoms with Gasteiger partial charge in [-0.3, -0.25) is 9.88 Å². The second-order valence-electron chi connectivity index (χ2n) is 7.79. The molecule has 198 valence electrons. The Hall–Kier alpha value is -3.56. The zero-order valence-electron chi connectivity index (χ0n) is 18.2. The normalized spacial score (nSPS) is 19.5. The molecule has 0 amide bonds. The van der Waals surface area contributed by atoms with Gasteiger partial charge in [0.2, 0.25) is 5.95 Å². The van der Waals surface area contributed by atoms with E-state index in [1.807, 2.05) is 18.5 Å². The van der Waals surface area contributed by atoms with Gasteiger partial charge in [-0.2, -0.15) is 26.3 Å². The molecule has 0 aliphatic carbocycles. The van der Waals surface area contributed by atoms with Crippen LogP contribution < -0.4 is 4.90 Å². The number of rotatable bonds is 3. The average Bonchev–Trinajstić information content (AvgIpc) is 3.33. The summed E-state index contributed by atoms with van der Waals surface area (Å²) in [6, 6.07) is 4.11. The summed E-state index contributed by atoms with van der Waals surface area (Å²) in [7, 11) is 0. The molecule has 16 heteroatoms. The number of aliphatic carboxylic acids is 2. The minimum Gasteiger partial charge on any atom is -0.475 e. The highest BCUT2D eigenvalue weighted by atomic mass is 19.4. The first-order valence-electron chi connectivity index (χ1n) is 10.1. The van der Waals surface area contributed by atoms with Crippen molar-refractivity contribution in [3.05, 3.63) is 48.3 Å². The summed E-state index contributed by atoms with van der Waals surface area (Å²) in [5.41, 5.74) is 1.26. The van der Waals surface area contributed by atoms with Crippen molar-refractivity contribution < 1.29 is 50.5 Å². The van der Waals surface area contributed by atoms with Crippen molar-refractivity contribution >= 4 is 17.9 Å². The number of anilines is 1. The summed E-state index contributed by atoms with van der Waals surface area (Å²) in [6.07, 6.45) is -3.94. The summed E-state index contributed by atoms with van der Waals surface area (Å²) >= 11 is 0. The fourth-order valence-electron chi connectivity index (χ4n) is 3.60. The van der Waals surface area contributed by atoms with Gasteiger partial charge in [0.1, 0.15) is 0 Å². The first-order valence-corrected chi connectivity index (χ1v) is 10.1. The van der Waals surface area contributed by atoms with Gasteiger partial charge in [0.15, 0.2) is 5.82 Å². The second-order valence-corrected chi connectivity index (χ2v) is 7.79. The fraction of sp³-hybridized carbons (Fsp3) is 0.450. The highest BCUT2D eigenvalue weighted by molar-refractivity contribution is 5.73. The molecule has 0 spiro atoms. The third-order valence-corrected chi connectivity index (χ3v) is 5.07. The van der Waals surface area contributed by atoms with Gasteiger partial charge in [-0.15, -0.1) is 0 Å². The Balaban J connectivity index is 0.000000271. The number of carboxylic acids is 2. The molecular weight excluding hydrogens is 507 g/mol. The van der Waals surface area contributed by atoms with Gasteiger partial charge in [-0.05, 0) is 23.5 Å². The van der Waals surface area contributed by atoms with E-state index in [-0.39, 0.29) is 5.82 Å². The number of carboxylic acid groups (broad SMARTS) is 2. The summed E-state index contributed by atoms with van der Waals surface area (Å²) in [5, 5.41) is 14.2. The number of nitrogens with zero attached hydrogens (tertiary/aromatic N) is 5. The minimum atomic E-state index is -5.08. The molecule has 2 fully saturated rings. The fourth-order valence-corrected chi connectivity index (χ4v) is 3.60. The van der Waals surface area contributed by atoms with Gasteiger partial charge in [-0.1, -0.05) is 6.07 Å². The summed E-state index contributed by atoms with van der Waals surface area (Å²) < 4.78 is 76.4. The van der Waals surface area contributed by atoms with Gasteiger partial charge >= 0.3 is 24.3 Å². The van der Waals surface area contributed by atoms with Crippen LogP contribution in [0.15, 0.2) is 36.9 Å². The molecule has 4 heterocycles. The summed E-state index contributed by atoms with van der Waals surface area (Å²) in [6.45, 7) is 5.07. The van der Waals surface area contributed by atoms with E-state index >= 15 is 0 Å². The Bertz CT molecular complexity index is 968. The number of likely N-dealkylation sites (tertiary alicyclic amines) is 1. The van der Waals surface area contributed by atoms with Crippen molar-refractivity contribution in [2.45, 2.75) is 18.9 Å². The summed E-state index contributed by atoms with van der Waals surface area (Å²) in [5.74, 6) is -3.96. The molecule has 2 saturated heterocycles. The smallest absolute Gasteiger partial charge is 0.475 e. The van der Waals surface area contributed by atoms with Crippen LogP contribution in [0.5, 0.6) is 0 Å². The Morgan fingerprint density at radius 3 is 1.75 bits per heavy atom. The molecule has 0 bridgehead atoms. The lowest BCUT2D eigenvalue weighted by atomic mass is 10.0. The highest BCUT2D eigenvalue weighted by Gasteiger charge is 2.41. The molecule has 2 aromatic rings. The molecule has 0 unspecified atom stereocenters. The van der Waals surface area contributed by atoms with Gasteiger partial charge in [-0.25, -0.2) is 23.9 Å². The first kappa shape index (κ1) is 28.7. The predicted molar refractivity (Wildman–Crippen MR) is 108 cm³/mol. The van der Waals surface area contributed by atoms with E-state index in [0.717, 1.165) is 32.7 Å². The maximum absolute atomic E-state index is 12.9. The van der Waals surface area contributed by atoms with Crippen LogP contribution in [-0.4, -0.2) is 80.5 Å². The van der Waals surface area contributed by atoms with E-state index in [9.17, 15) is 30.7 Å². The van der Waals surface area contributed by atoms with Gasteiger partial charge in [0, 0.05) is 45.1 Å². The number of carbonyl (C=O) groups is 2. The lowest BCUT2D eigenvalue weighted by molar-refractivity contribution is -0.193. The molecule has 9 nitrogen and oxygen atoms in total. The number of pyridine rings is 1. The van der Waals surface area contributed by atoms with Crippen LogP contribution in [0.4, 0.5) is 36.7 Å². The molecule has 2 aliphatic rings. The van der Waals surface area contributed by atoms with Crippen LogP contribution in [0.1, 0.15) is 5.56 Å². The topological polar surface area (TPSA) is 120 Å². The van der Waals surface area contributed by atoms with Crippen molar-refractivity contribution in [1.82, 2.24) is 19.9 Å². The molecular formula is C20H20F7N5O4. The molecule has 36 heavy (non-hydrogen) atoms. The Morgan fingerprint density at radius 2 is 1.36 bits per heavy atom. The zero-order chi connectivity index (χ0) is 27.1. The molecule has 2 aromatic heterocycles. The Labute approximate surface area is 199 Å². The van der Waals surface area contributed by atoms with Gasteiger partial charge in [0.05, 0.1) is 12.4 Å². The summed E-state index contributed by atoms with van der Waals surface area (Å²) in [4.78, 5) is 34.8. The van der Waals surface area contributed by atoms with Crippen molar-refractivity contribution in [1.29, 1.82) is 0 Å². The van der Waals surface area contributed by atoms with E-state index in [1.165, 1.54) is 18.0 Å². The van der Waals surface area contributed by atoms with Crippen LogP contribution >= 0.6 is 0 Å². The molecule has 2 aliphatic heterocycles. The standard InChI is InChI=1S/C16H18FN5.2C2HF3O2/c17-15-5-19-16(20-6-15)22-10-13-8-21(9-14(13)11-22)7-12-2-1-3-18-4-12;2*3-2(4,5)1(6)7/h1-6,13-14H,7-11H2;2*(H,6,7)/t13-,14+;;. The van der Waals surface area contributed by atoms with Crippen LogP contribution in [0, 0.1) is 17.7 Å².